The number of rotatable bonds is 13. The van der Waals surface area contributed by atoms with E-state index in [4.69, 9.17) is 4.74 Å². The summed E-state index contributed by atoms with van der Waals surface area (Å²) in [6.07, 6.45) is 11.4. The highest BCUT2D eigenvalue weighted by molar-refractivity contribution is 7.98. The van der Waals surface area contributed by atoms with Crippen molar-refractivity contribution < 1.29 is 55.9 Å². The zero-order chi connectivity index (χ0) is 27.1. The molecule has 35 heavy (non-hydrogen) atoms. The summed E-state index contributed by atoms with van der Waals surface area (Å²) in [4.78, 5) is 0. The van der Waals surface area contributed by atoms with E-state index in [1.807, 2.05) is 4.57 Å². The lowest BCUT2D eigenvalue weighted by Crippen LogP contribution is -2.47. The fourth-order valence-electron chi connectivity index (χ4n) is 2.89. The van der Waals surface area contributed by atoms with Gasteiger partial charge in [-0.1, -0.05) is 39.2 Å². The van der Waals surface area contributed by atoms with Gasteiger partial charge in [0.2, 0.25) is 6.33 Å². The summed E-state index contributed by atoms with van der Waals surface area (Å²) in [5.41, 5.74) is -13.5. The normalized spacial score (nSPS) is 13.0. The van der Waals surface area contributed by atoms with Gasteiger partial charge in [0.15, 0.2) is 0 Å². The Hall–Kier alpha value is -2.10. The average Bonchev–Trinajstić information content (AvgIpc) is 3.15. The Kier molecular flexibility index (Phi) is 10.8. The Bertz CT molecular complexity index is 1060. The van der Waals surface area contributed by atoms with Crippen LogP contribution in [0.1, 0.15) is 52.4 Å². The minimum absolute atomic E-state index is 0.133. The summed E-state index contributed by atoms with van der Waals surface area (Å²) < 4.78 is 132. The predicted molar refractivity (Wildman–Crippen MR) is 114 cm³/mol. The van der Waals surface area contributed by atoms with Gasteiger partial charge in [-0.15, -0.1) is 0 Å². The van der Waals surface area contributed by atoms with Crippen molar-refractivity contribution in [1.82, 2.24) is 4.57 Å². The number of ether oxygens (including phenoxy) is 1. The molecule has 1 aromatic rings. The molecule has 1 aromatic heterocycles. The Balaban J connectivity index is 3.09. The van der Waals surface area contributed by atoms with Crippen molar-refractivity contribution >= 4 is 25.9 Å². The quantitative estimate of drug-likeness (QED) is 0.121. The monoisotopic (exact) mass is 557 g/mol. The van der Waals surface area contributed by atoms with Crippen molar-refractivity contribution in [3.8, 4) is 0 Å². The molecule has 1 heterocycles. The van der Waals surface area contributed by atoms with E-state index in [9.17, 15) is 43.2 Å². The molecule has 0 unspecified atom stereocenters. The SMILES string of the molecule is C=C(C)C(OCCn1cc[n+](CCCCCCCC)c1)=[N+](S(=O)(=O)C(F)(F)F)S(=O)(=O)C(F)(F)F. The molecule has 0 bridgehead atoms. The average molecular weight is 558 g/mol. The Labute approximate surface area is 200 Å². The molecule has 0 aromatic carbocycles. The molecule has 0 fully saturated rings. The highest BCUT2D eigenvalue weighted by Crippen LogP contribution is 2.33. The maximum Gasteiger partial charge on any atom is 0.561 e. The predicted octanol–water partition coefficient (Wildman–Crippen LogP) is 3.84. The molecule has 16 heteroatoms. The minimum Gasteiger partial charge on any atom is -0.438 e. The van der Waals surface area contributed by atoms with Crippen molar-refractivity contribution in [2.45, 2.75) is 76.5 Å². The van der Waals surface area contributed by atoms with Crippen LogP contribution in [0.25, 0.3) is 0 Å². The highest BCUT2D eigenvalue weighted by atomic mass is 32.3. The van der Waals surface area contributed by atoms with Crippen LogP contribution in [-0.4, -0.2) is 48.3 Å². The second-order valence-corrected chi connectivity index (χ2v) is 11.5. The molecule has 0 radical (unpaired) electrons. The van der Waals surface area contributed by atoms with E-state index in [0.717, 1.165) is 39.0 Å². The first-order chi connectivity index (χ1) is 16.0. The lowest BCUT2D eigenvalue weighted by Gasteiger charge is -2.12. The lowest BCUT2D eigenvalue weighted by molar-refractivity contribution is -0.696. The van der Waals surface area contributed by atoms with Crippen LogP contribution in [0.4, 0.5) is 26.3 Å². The molecule has 0 saturated heterocycles. The Morgan fingerprint density at radius 3 is 1.97 bits per heavy atom. The number of imidazole rings is 1. The first-order valence-corrected chi connectivity index (χ1v) is 13.5. The van der Waals surface area contributed by atoms with E-state index in [0.29, 0.717) is 6.54 Å². The van der Waals surface area contributed by atoms with Crippen molar-refractivity contribution in [3.63, 3.8) is 0 Å². The van der Waals surface area contributed by atoms with Gasteiger partial charge in [0.05, 0.1) is 15.5 Å². The first kappa shape index (κ1) is 30.9. The fourth-order valence-corrected chi connectivity index (χ4v) is 5.66. The summed E-state index contributed by atoms with van der Waals surface area (Å²) in [7, 11) is -14.1. The fraction of sp³-hybridized carbons (Fsp3) is 0.684. The van der Waals surface area contributed by atoms with E-state index >= 15 is 0 Å². The van der Waals surface area contributed by atoms with E-state index in [-0.39, 0.29) is 6.54 Å². The summed E-state index contributed by atoms with van der Waals surface area (Å²) in [5.74, 6) is -1.70. The molecule has 0 atom stereocenters. The second-order valence-electron chi connectivity index (χ2n) is 7.69. The number of unbranched alkanes of at least 4 members (excludes halogenated alkanes) is 5. The molecule has 0 spiro atoms. The summed E-state index contributed by atoms with van der Waals surface area (Å²) >= 11 is 0. The van der Waals surface area contributed by atoms with Crippen LogP contribution in [0.2, 0.25) is 0 Å². The number of sulfonamides is 2. The van der Waals surface area contributed by atoms with Crippen LogP contribution in [0.5, 0.6) is 0 Å². The number of hydrogen-bond donors (Lipinski definition) is 0. The number of aryl methyl sites for hydroxylation is 1. The van der Waals surface area contributed by atoms with E-state index in [1.165, 1.54) is 11.0 Å². The van der Waals surface area contributed by atoms with Crippen molar-refractivity contribution in [3.05, 3.63) is 30.9 Å². The molecular formula is C19H29F6N3O5S2+2. The maximum absolute atomic E-state index is 13.0. The van der Waals surface area contributed by atoms with E-state index < -0.39 is 52.5 Å². The third kappa shape index (κ3) is 8.22. The van der Waals surface area contributed by atoms with Crippen LogP contribution < -0.4 is 4.57 Å². The second kappa shape index (κ2) is 12.2. The third-order valence-corrected chi connectivity index (χ3v) is 8.21. The zero-order valence-electron chi connectivity index (χ0n) is 19.3. The van der Waals surface area contributed by atoms with Gasteiger partial charge in [-0.3, -0.25) is 0 Å². The van der Waals surface area contributed by atoms with Crippen LogP contribution in [-0.2, 0) is 37.9 Å². The molecule has 202 valence electrons. The van der Waals surface area contributed by atoms with Crippen LogP contribution in [0, 0.1) is 0 Å². The summed E-state index contributed by atoms with van der Waals surface area (Å²) in [6, 6.07) is 0. The number of halogens is 6. The molecule has 8 nitrogen and oxygen atoms in total. The minimum atomic E-state index is -7.04. The Morgan fingerprint density at radius 2 is 1.49 bits per heavy atom. The van der Waals surface area contributed by atoms with Gasteiger partial charge >= 0.3 is 37.0 Å². The van der Waals surface area contributed by atoms with Crippen molar-refractivity contribution in [2.75, 3.05) is 6.61 Å². The van der Waals surface area contributed by atoms with Gasteiger partial charge in [0.1, 0.15) is 25.5 Å². The van der Waals surface area contributed by atoms with Crippen LogP contribution in [0.3, 0.4) is 0 Å². The molecule has 0 amide bonds. The molecule has 0 aliphatic rings. The molecule has 0 saturated carbocycles. The molecule has 0 aliphatic heterocycles. The zero-order valence-corrected chi connectivity index (χ0v) is 20.9. The topological polar surface area (TPSA) is 89.3 Å². The highest BCUT2D eigenvalue weighted by Gasteiger charge is 2.68. The molecule has 1 rings (SSSR count). The molecular weight excluding hydrogens is 528 g/mol. The number of hydrogen-bond acceptors (Lipinski definition) is 5. The van der Waals surface area contributed by atoms with Crippen LogP contribution in [0.15, 0.2) is 30.9 Å². The van der Waals surface area contributed by atoms with Gasteiger partial charge in [0.25, 0.3) is 0 Å². The van der Waals surface area contributed by atoms with Gasteiger partial charge in [-0.2, -0.15) is 43.2 Å². The number of nitrogens with zero attached hydrogens (tertiary/aromatic N) is 3. The van der Waals surface area contributed by atoms with E-state index in [2.05, 4.69) is 13.5 Å². The van der Waals surface area contributed by atoms with Gasteiger partial charge in [-0.25, -0.2) is 9.13 Å². The van der Waals surface area contributed by atoms with Crippen molar-refractivity contribution in [2.24, 2.45) is 0 Å². The maximum atomic E-state index is 13.0. The summed E-state index contributed by atoms with van der Waals surface area (Å²) in [5, 5.41) is 0. The number of aromatic nitrogens is 2. The van der Waals surface area contributed by atoms with Gasteiger partial charge in [0, 0.05) is 0 Å². The molecule has 0 N–H and O–H groups in total. The summed E-state index contributed by atoms with van der Waals surface area (Å²) in [6.45, 7) is 5.91. The largest absolute Gasteiger partial charge is 0.561 e. The first-order valence-electron chi connectivity index (χ1n) is 10.6. The van der Waals surface area contributed by atoms with Crippen LogP contribution >= 0.6 is 0 Å². The van der Waals surface area contributed by atoms with Gasteiger partial charge in [-0.05, 0) is 19.8 Å². The van der Waals surface area contributed by atoms with E-state index in [1.54, 1.807) is 18.7 Å². The smallest absolute Gasteiger partial charge is 0.438 e. The lowest BCUT2D eigenvalue weighted by atomic mass is 10.1. The third-order valence-electron chi connectivity index (χ3n) is 4.66. The number of alkyl halides is 6. The van der Waals surface area contributed by atoms with Gasteiger partial charge < -0.3 is 4.74 Å². The van der Waals surface area contributed by atoms with Crippen molar-refractivity contribution in [1.29, 1.82) is 0 Å². The molecule has 0 aliphatic carbocycles. The Morgan fingerprint density at radius 1 is 0.971 bits per heavy atom. The standard InChI is InChI=1S/C19H29F6N3O5S2/c1-4-5-6-7-8-9-10-26-11-12-27(15-26)13-14-33-17(16(2)3)28(34(29,30)18(20,21)22)35(31,32)19(23,24)25/h11-12,15H,2,4-10,13-14H2,1,3H3/q+2.